The second kappa shape index (κ2) is 6.54. The predicted molar refractivity (Wildman–Crippen MR) is 87.8 cm³/mol. The molecule has 0 aliphatic rings. The van der Waals surface area contributed by atoms with Crippen LogP contribution >= 0.6 is 0 Å². The van der Waals surface area contributed by atoms with Crippen molar-refractivity contribution in [1.29, 1.82) is 0 Å². The maximum absolute atomic E-state index is 4.14. The fourth-order valence-corrected chi connectivity index (χ4v) is 2.47. The lowest BCUT2D eigenvalue weighted by Crippen LogP contribution is -2.18. The molecule has 1 atom stereocenters. The van der Waals surface area contributed by atoms with E-state index >= 15 is 0 Å². The van der Waals surface area contributed by atoms with E-state index in [1.165, 1.54) is 16.7 Å². The number of hydrogen-bond donors (Lipinski definition) is 1. The zero-order valence-corrected chi connectivity index (χ0v) is 12.9. The minimum Gasteiger partial charge on any atom is -0.306 e. The molecule has 0 aliphatic carbocycles. The number of hydrogen-bond acceptors (Lipinski definition) is 3. The largest absolute Gasteiger partial charge is 0.306 e. The van der Waals surface area contributed by atoms with E-state index in [1.807, 2.05) is 0 Å². The predicted octanol–water partition coefficient (Wildman–Crippen LogP) is 3.43. The minimum atomic E-state index is 0.297. The van der Waals surface area contributed by atoms with Gasteiger partial charge in [-0.05, 0) is 37.1 Å². The Labute approximate surface area is 130 Å². The summed E-state index contributed by atoms with van der Waals surface area (Å²) in [5.41, 5.74) is 4.89. The van der Waals surface area contributed by atoms with Crippen molar-refractivity contribution in [2.75, 3.05) is 0 Å². The molecule has 0 radical (unpaired) electrons. The average Bonchev–Trinajstić information content (AvgIpc) is 3.07. The summed E-state index contributed by atoms with van der Waals surface area (Å²) in [5, 5.41) is 7.70. The highest BCUT2D eigenvalue weighted by atomic mass is 15.3. The topological polar surface area (TPSA) is 42.7 Å². The van der Waals surface area contributed by atoms with E-state index in [4.69, 9.17) is 0 Å². The quantitative estimate of drug-likeness (QED) is 0.783. The Kier molecular flexibility index (Phi) is 4.30. The molecule has 4 nitrogen and oxygen atoms in total. The van der Waals surface area contributed by atoms with E-state index in [0.29, 0.717) is 6.04 Å². The number of rotatable bonds is 5. The van der Waals surface area contributed by atoms with Gasteiger partial charge in [0, 0.05) is 12.6 Å². The molecule has 3 rings (SSSR count). The Morgan fingerprint density at radius 2 is 1.95 bits per heavy atom. The normalized spacial score (nSPS) is 12.3. The van der Waals surface area contributed by atoms with Crippen LogP contribution in [0, 0.1) is 6.92 Å². The average molecular weight is 292 g/mol. The van der Waals surface area contributed by atoms with Crippen molar-refractivity contribution >= 4 is 0 Å². The molecule has 0 spiro atoms. The van der Waals surface area contributed by atoms with Crippen LogP contribution in [0.5, 0.6) is 0 Å². The first-order valence-electron chi connectivity index (χ1n) is 7.46. The molecule has 1 aromatic heterocycles. The van der Waals surface area contributed by atoms with Gasteiger partial charge in [0.05, 0.1) is 5.69 Å². The van der Waals surface area contributed by atoms with Gasteiger partial charge in [0.15, 0.2) is 0 Å². The van der Waals surface area contributed by atoms with Gasteiger partial charge in [-0.1, -0.05) is 42.0 Å². The highest BCUT2D eigenvalue weighted by Crippen LogP contribution is 2.16. The van der Waals surface area contributed by atoms with Crippen molar-refractivity contribution in [1.82, 2.24) is 20.1 Å². The van der Waals surface area contributed by atoms with Crippen molar-refractivity contribution in [2.45, 2.75) is 26.4 Å². The molecular weight excluding hydrogens is 272 g/mol. The second-order valence-electron chi connectivity index (χ2n) is 5.52. The van der Waals surface area contributed by atoms with Gasteiger partial charge in [0.25, 0.3) is 0 Å². The number of benzene rings is 2. The van der Waals surface area contributed by atoms with Gasteiger partial charge < -0.3 is 5.32 Å². The molecule has 3 aromatic rings. The highest BCUT2D eigenvalue weighted by molar-refractivity contribution is 5.34. The van der Waals surface area contributed by atoms with Gasteiger partial charge in [-0.3, -0.25) is 0 Å². The Morgan fingerprint density at radius 1 is 1.14 bits per heavy atom. The molecule has 0 saturated heterocycles. The van der Waals surface area contributed by atoms with Crippen LogP contribution in [0.2, 0.25) is 0 Å². The summed E-state index contributed by atoms with van der Waals surface area (Å²) >= 11 is 0. The summed E-state index contributed by atoms with van der Waals surface area (Å²) < 4.78 is 1.76. The molecule has 1 N–H and O–H groups in total. The van der Waals surface area contributed by atoms with Gasteiger partial charge in [-0.25, -0.2) is 9.67 Å². The van der Waals surface area contributed by atoms with Gasteiger partial charge in [-0.2, -0.15) is 5.10 Å². The lowest BCUT2D eigenvalue weighted by molar-refractivity contribution is 0.574. The summed E-state index contributed by atoms with van der Waals surface area (Å²) in [7, 11) is 0. The summed E-state index contributed by atoms with van der Waals surface area (Å²) in [5.74, 6) is 0. The number of aromatic nitrogens is 3. The van der Waals surface area contributed by atoms with Crippen LogP contribution in [0.15, 0.2) is 61.2 Å². The Hall–Kier alpha value is -2.46. The van der Waals surface area contributed by atoms with E-state index in [-0.39, 0.29) is 0 Å². The van der Waals surface area contributed by atoms with E-state index in [2.05, 4.69) is 77.8 Å². The van der Waals surface area contributed by atoms with Gasteiger partial charge in [-0.15, -0.1) is 0 Å². The molecule has 112 valence electrons. The van der Waals surface area contributed by atoms with Crippen LogP contribution in [0.1, 0.15) is 29.7 Å². The fraction of sp³-hybridized carbons (Fsp3) is 0.222. The summed E-state index contributed by atoms with van der Waals surface area (Å²) in [4.78, 5) is 3.97. The van der Waals surface area contributed by atoms with Crippen LogP contribution in [0.4, 0.5) is 0 Å². The van der Waals surface area contributed by atoms with E-state index < -0.39 is 0 Å². The van der Waals surface area contributed by atoms with Gasteiger partial charge in [0.2, 0.25) is 0 Å². The van der Waals surface area contributed by atoms with Crippen LogP contribution < -0.4 is 5.32 Å². The summed E-state index contributed by atoms with van der Waals surface area (Å²) in [6.45, 7) is 5.17. The second-order valence-corrected chi connectivity index (χ2v) is 5.52. The summed E-state index contributed by atoms with van der Waals surface area (Å²) in [6, 6.07) is 17.3. The van der Waals surface area contributed by atoms with E-state index in [9.17, 15) is 0 Å². The molecule has 4 heteroatoms. The van der Waals surface area contributed by atoms with Gasteiger partial charge in [0.1, 0.15) is 12.7 Å². The molecule has 22 heavy (non-hydrogen) atoms. The third-order valence-corrected chi connectivity index (χ3v) is 3.77. The Morgan fingerprint density at radius 3 is 2.64 bits per heavy atom. The van der Waals surface area contributed by atoms with Crippen molar-refractivity contribution < 1.29 is 0 Å². The summed E-state index contributed by atoms with van der Waals surface area (Å²) in [6.07, 6.45) is 3.24. The first-order chi connectivity index (χ1) is 10.7. The highest BCUT2D eigenvalue weighted by Gasteiger charge is 2.05. The molecule has 0 saturated carbocycles. The van der Waals surface area contributed by atoms with Crippen LogP contribution in [0.3, 0.4) is 0 Å². The van der Waals surface area contributed by atoms with Crippen molar-refractivity contribution in [3.05, 3.63) is 77.9 Å². The fourth-order valence-electron chi connectivity index (χ4n) is 2.47. The van der Waals surface area contributed by atoms with Crippen molar-refractivity contribution in [3.63, 3.8) is 0 Å². The Bertz CT molecular complexity index is 717. The van der Waals surface area contributed by atoms with Crippen molar-refractivity contribution in [3.8, 4) is 5.69 Å². The molecule has 1 heterocycles. The molecular formula is C18H20N4. The zero-order chi connectivity index (χ0) is 15.4. The SMILES string of the molecule is Cc1cccc(CN[C@@H](C)c2ccc(-n3cncn3)cc2)c1. The Balaban J connectivity index is 1.63. The number of aryl methyl sites for hydroxylation is 1. The standard InChI is InChI=1S/C18H20N4/c1-14-4-3-5-16(10-14)11-20-15(2)17-6-8-18(9-7-17)22-13-19-12-21-22/h3-10,12-13,15,20H,11H2,1-2H3/t15-/m0/s1. The number of nitrogens with one attached hydrogen (secondary N) is 1. The molecule has 0 bridgehead atoms. The van der Waals surface area contributed by atoms with Crippen molar-refractivity contribution in [2.24, 2.45) is 0 Å². The van der Waals surface area contributed by atoms with E-state index in [0.717, 1.165) is 12.2 Å². The van der Waals surface area contributed by atoms with E-state index in [1.54, 1.807) is 17.3 Å². The number of nitrogens with zero attached hydrogens (tertiary/aromatic N) is 3. The smallest absolute Gasteiger partial charge is 0.138 e. The first kappa shape index (κ1) is 14.5. The third kappa shape index (κ3) is 3.40. The minimum absolute atomic E-state index is 0.297. The van der Waals surface area contributed by atoms with Crippen LogP contribution in [0.25, 0.3) is 5.69 Å². The lowest BCUT2D eigenvalue weighted by Gasteiger charge is -2.15. The molecule has 0 unspecified atom stereocenters. The molecule has 0 amide bonds. The lowest BCUT2D eigenvalue weighted by atomic mass is 10.1. The molecule has 2 aromatic carbocycles. The van der Waals surface area contributed by atoms with Crippen LogP contribution in [-0.4, -0.2) is 14.8 Å². The maximum atomic E-state index is 4.14. The third-order valence-electron chi connectivity index (χ3n) is 3.77. The van der Waals surface area contributed by atoms with Crippen LogP contribution in [-0.2, 0) is 6.54 Å². The molecule has 0 aliphatic heterocycles. The maximum Gasteiger partial charge on any atom is 0.138 e. The first-order valence-corrected chi connectivity index (χ1v) is 7.46. The monoisotopic (exact) mass is 292 g/mol. The van der Waals surface area contributed by atoms with Gasteiger partial charge >= 0.3 is 0 Å². The molecule has 0 fully saturated rings. The zero-order valence-electron chi connectivity index (χ0n) is 12.9.